The highest BCUT2D eigenvalue weighted by Crippen LogP contribution is 2.52. The lowest BCUT2D eigenvalue weighted by Crippen LogP contribution is -2.47. The van der Waals surface area contributed by atoms with E-state index in [4.69, 9.17) is 4.74 Å². The lowest BCUT2D eigenvalue weighted by molar-refractivity contribution is -0.144. The van der Waals surface area contributed by atoms with Crippen LogP contribution >= 0.6 is 11.8 Å². The van der Waals surface area contributed by atoms with E-state index in [2.05, 4.69) is 28.9 Å². The maximum atomic E-state index is 14.0. The zero-order valence-electron chi connectivity index (χ0n) is 29.7. The number of benzene rings is 2. The Morgan fingerprint density at radius 3 is 2.04 bits per heavy atom. The van der Waals surface area contributed by atoms with Gasteiger partial charge in [-0.3, -0.25) is 9.69 Å². The number of carbonyl (C=O) groups excluding carboxylic acids is 1. The molecule has 0 bridgehead atoms. The van der Waals surface area contributed by atoms with Crippen molar-refractivity contribution in [3.05, 3.63) is 60.2 Å². The zero-order valence-corrected chi connectivity index (χ0v) is 30.5. The van der Waals surface area contributed by atoms with Gasteiger partial charge in [0.25, 0.3) is 0 Å². The fraction of sp³-hybridized carbons (Fsp3) is 0.625. The van der Waals surface area contributed by atoms with E-state index in [1.54, 1.807) is 6.07 Å². The van der Waals surface area contributed by atoms with Gasteiger partial charge in [0.1, 0.15) is 6.61 Å². The second kappa shape index (κ2) is 21.7. The largest absolute Gasteiger partial charge is 0.464 e. The van der Waals surface area contributed by atoms with Crippen molar-refractivity contribution in [3.8, 4) is 0 Å². The van der Waals surface area contributed by atoms with E-state index in [9.17, 15) is 18.0 Å². The van der Waals surface area contributed by atoms with Crippen LogP contribution < -0.4 is 4.90 Å². The van der Waals surface area contributed by atoms with E-state index in [-0.39, 0.29) is 11.7 Å². The number of halogens is 3. The smallest absolute Gasteiger partial charge is 0.418 e. The number of piperazine rings is 1. The quantitative estimate of drug-likeness (QED) is 0.0691. The average molecular weight is 702 g/mol. The molecule has 0 aromatic heterocycles. The molecule has 0 N–H and O–H groups in total. The van der Waals surface area contributed by atoms with E-state index in [0.717, 1.165) is 69.1 Å². The molecular formula is C40H58F3N3O2S. The van der Waals surface area contributed by atoms with Gasteiger partial charge >= 0.3 is 12.1 Å². The monoisotopic (exact) mass is 701 g/mol. The molecule has 0 spiro atoms. The number of esters is 1. The fourth-order valence-electron chi connectivity index (χ4n) is 6.74. The maximum Gasteiger partial charge on any atom is 0.418 e. The number of hydrogen-bond donors (Lipinski definition) is 0. The van der Waals surface area contributed by atoms with Crippen LogP contribution in [-0.4, -0.2) is 68.2 Å². The van der Waals surface area contributed by atoms with Crippen LogP contribution in [0.25, 0.3) is 0 Å². The number of carbonyl (C=O) groups is 1. The second-order valence-electron chi connectivity index (χ2n) is 13.5. The third kappa shape index (κ3) is 13.6. The average Bonchev–Trinajstić information content (AvgIpc) is 3.09. The Bertz CT molecular complexity index is 1280. The van der Waals surface area contributed by atoms with Crippen LogP contribution in [0.3, 0.4) is 0 Å². The fourth-order valence-corrected chi connectivity index (χ4v) is 7.87. The molecule has 0 radical (unpaired) electrons. The third-order valence-electron chi connectivity index (χ3n) is 9.58. The summed E-state index contributed by atoms with van der Waals surface area (Å²) in [6.07, 6.45) is 17.7. The summed E-state index contributed by atoms with van der Waals surface area (Å²) in [5.74, 6) is -0.0933. The molecule has 0 aliphatic carbocycles. The number of para-hydroxylation sites is 2. The molecule has 0 saturated carbocycles. The molecule has 1 saturated heterocycles. The number of nitrogens with zero attached hydrogens (tertiary/aromatic N) is 3. The first kappa shape index (κ1) is 39.3. The Kier molecular flexibility index (Phi) is 17.4. The summed E-state index contributed by atoms with van der Waals surface area (Å²) in [7, 11) is 0. The van der Waals surface area contributed by atoms with Gasteiger partial charge in [0, 0.05) is 55.5 Å². The van der Waals surface area contributed by atoms with E-state index < -0.39 is 11.7 Å². The Morgan fingerprint density at radius 2 is 1.35 bits per heavy atom. The Labute approximate surface area is 297 Å². The standard InChI is InChI=1S/C40H58F3N3O2S/c1-2-3-4-5-6-7-8-9-10-11-12-13-14-15-16-25-38(47)48-33-32-45-30-28-44(29-31-45)26-20-27-46-35-22-17-18-23-36(35)49-37-24-19-21-34(39(37)46)40(41,42)43/h9-10,17-19,21-24H,2-8,11-16,20,25-33H2,1H3. The van der Waals surface area contributed by atoms with Gasteiger partial charge < -0.3 is 14.5 Å². The van der Waals surface area contributed by atoms with E-state index in [1.165, 1.54) is 94.5 Å². The number of fused-ring (bicyclic) bond motifs is 2. The number of rotatable bonds is 22. The van der Waals surface area contributed by atoms with E-state index >= 15 is 0 Å². The maximum absolute atomic E-state index is 14.0. The predicted octanol–water partition coefficient (Wildman–Crippen LogP) is 10.9. The van der Waals surface area contributed by atoms with Gasteiger partial charge in [-0.15, -0.1) is 0 Å². The summed E-state index contributed by atoms with van der Waals surface area (Å²) in [5.41, 5.74) is 0.539. The van der Waals surface area contributed by atoms with Gasteiger partial charge in [-0.1, -0.05) is 100 Å². The van der Waals surface area contributed by atoms with Crippen molar-refractivity contribution >= 4 is 29.1 Å². The first-order valence-electron chi connectivity index (χ1n) is 18.9. The Balaban J connectivity index is 1.03. The van der Waals surface area contributed by atoms with Crippen molar-refractivity contribution in [1.82, 2.24) is 9.80 Å². The van der Waals surface area contributed by atoms with Gasteiger partial charge in [-0.05, 0) is 69.3 Å². The van der Waals surface area contributed by atoms with Crippen LogP contribution in [0.2, 0.25) is 0 Å². The summed E-state index contributed by atoms with van der Waals surface area (Å²) in [6, 6.07) is 12.2. The number of anilines is 2. The predicted molar refractivity (Wildman–Crippen MR) is 197 cm³/mol. The molecule has 0 unspecified atom stereocenters. The number of unbranched alkanes of at least 4 members (excludes halogenated alkanes) is 11. The molecule has 1 fully saturated rings. The highest BCUT2D eigenvalue weighted by molar-refractivity contribution is 7.99. The molecule has 2 aliphatic rings. The lowest BCUT2D eigenvalue weighted by Gasteiger charge is -2.37. The van der Waals surface area contributed by atoms with Gasteiger partial charge in [0.2, 0.25) is 0 Å². The van der Waals surface area contributed by atoms with Crippen molar-refractivity contribution in [1.29, 1.82) is 0 Å². The summed E-state index contributed by atoms with van der Waals surface area (Å²) in [5, 5.41) is 0. The van der Waals surface area contributed by atoms with Gasteiger partial charge in [0.15, 0.2) is 0 Å². The third-order valence-corrected chi connectivity index (χ3v) is 10.7. The van der Waals surface area contributed by atoms with Crippen LogP contribution in [0.15, 0.2) is 64.4 Å². The zero-order chi connectivity index (χ0) is 34.7. The van der Waals surface area contributed by atoms with Gasteiger partial charge in [-0.2, -0.15) is 13.2 Å². The first-order valence-corrected chi connectivity index (χ1v) is 19.7. The van der Waals surface area contributed by atoms with Crippen molar-refractivity contribution < 1.29 is 22.7 Å². The molecule has 2 aromatic rings. The Hall–Kier alpha value is -2.49. The first-order chi connectivity index (χ1) is 23.9. The second-order valence-corrected chi connectivity index (χ2v) is 14.5. The minimum absolute atomic E-state index is 0.0933. The minimum atomic E-state index is -4.41. The number of allylic oxidation sites excluding steroid dienone is 2. The molecular weight excluding hydrogens is 644 g/mol. The molecule has 272 valence electrons. The van der Waals surface area contributed by atoms with E-state index in [1.807, 2.05) is 29.2 Å². The highest BCUT2D eigenvalue weighted by Gasteiger charge is 2.38. The molecule has 5 nitrogen and oxygen atoms in total. The van der Waals surface area contributed by atoms with Crippen LogP contribution in [-0.2, 0) is 15.7 Å². The Morgan fingerprint density at radius 1 is 0.735 bits per heavy atom. The number of alkyl halides is 3. The molecule has 0 atom stereocenters. The molecule has 2 heterocycles. The summed E-state index contributed by atoms with van der Waals surface area (Å²) < 4.78 is 47.5. The summed E-state index contributed by atoms with van der Waals surface area (Å²) in [6.45, 7) is 8.38. The van der Waals surface area contributed by atoms with Crippen LogP contribution in [0, 0.1) is 0 Å². The lowest BCUT2D eigenvalue weighted by atomic mass is 10.1. The molecule has 2 aliphatic heterocycles. The number of hydrogen-bond acceptors (Lipinski definition) is 6. The van der Waals surface area contributed by atoms with Crippen molar-refractivity contribution in [2.45, 2.75) is 119 Å². The van der Waals surface area contributed by atoms with Gasteiger partial charge in [-0.25, -0.2) is 0 Å². The molecule has 4 rings (SSSR count). The van der Waals surface area contributed by atoms with Crippen LogP contribution in [0.4, 0.5) is 24.5 Å². The normalized spacial score (nSPS) is 15.5. The summed E-state index contributed by atoms with van der Waals surface area (Å²) >= 11 is 1.41. The number of ether oxygens (including phenoxy) is 1. The minimum Gasteiger partial charge on any atom is -0.464 e. The topological polar surface area (TPSA) is 36.0 Å². The SMILES string of the molecule is CCCCCCCCC=CCCCCCCCC(=O)OCCN1CCN(CCCN2c3ccccc3Sc3cccc(C(F)(F)F)c32)CC1. The highest BCUT2D eigenvalue weighted by atomic mass is 32.2. The van der Waals surface area contributed by atoms with Gasteiger partial charge in [0.05, 0.1) is 16.9 Å². The molecule has 49 heavy (non-hydrogen) atoms. The van der Waals surface area contributed by atoms with Crippen LogP contribution in [0.5, 0.6) is 0 Å². The van der Waals surface area contributed by atoms with Crippen molar-refractivity contribution in [2.24, 2.45) is 0 Å². The van der Waals surface area contributed by atoms with E-state index in [0.29, 0.717) is 24.5 Å². The van der Waals surface area contributed by atoms with Crippen molar-refractivity contribution in [3.63, 3.8) is 0 Å². The van der Waals surface area contributed by atoms with Crippen LogP contribution in [0.1, 0.15) is 109 Å². The van der Waals surface area contributed by atoms with Crippen molar-refractivity contribution in [2.75, 3.05) is 57.3 Å². The molecule has 9 heteroatoms. The molecule has 0 amide bonds. The molecule has 2 aromatic carbocycles. The summed E-state index contributed by atoms with van der Waals surface area (Å²) in [4.78, 5) is 20.4.